The molecule has 0 aromatic carbocycles. The van der Waals surface area contributed by atoms with Gasteiger partial charge in [0.05, 0.1) is 18.8 Å². The summed E-state index contributed by atoms with van der Waals surface area (Å²) in [4.78, 5) is 13.8. The molecule has 2 heterocycles. The maximum absolute atomic E-state index is 11.7. The Labute approximate surface area is 102 Å². The summed E-state index contributed by atoms with van der Waals surface area (Å²) in [7, 11) is 0. The van der Waals surface area contributed by atoms with Crippen LogP contribution in [0.3, 0.4) is 0 Å². The van der Waals surface area contributed by atoms with Crippen LogP contribution in [-0.4, -0.2) is 60.0 Å². The lowest BCUT2D eigenvalue weighted by molar-refractivity contribution is -0.178. The summed E-state index contributed by atoms with van der Waals surface area (Å²) in [6.07, 6.45) is 1.10. The van der Waals surface area contributed by atoms with E-state index in [0.717, 1.165) is 0 Å². The van der Waals surface area contributed by atoms with Gasteiger partial charge in [-0.15, -0.1) is 0 Å². The molecule has 5 nitrogen and oxygen atoms in total. The topological polar surface area (TPSA) is 59.0 Å². The van der Waals surface area contributed by atoms with Crippen molar-refractivity contribution >= 4 is 5.97 Å². The second-order valence-corrected chi connectivity index (χ2v) is 5.47. The maximum Gasteiger partial charge on any atom is 0.324 e. The summed E-state index contributed by atoms with van der Waals surface area (Å²) in [5.74, 6) is -0.726. The maximum atomic E-state index is 11.7. The summed E-state index contributed by atoms with van der Waals surface area (Å²) in [5, 5.41) is 9.64. The smallest absolute Gasteiger partial charge is 0.324 e. The molecular formula is C12H21NO4. The van der Waals surface area contributed by atoms with Gasteiger partial charge in [0.25, 0.3) is 0 Å². The van der Waals surface area contributed by atoms with Gasteiger partial charge in [-0.1, -0.05) is 0 Å². The van der Waals surface area contributed by atoms with Crippen LogP contribution in [0.25, 0.3) is 0 Å². The van der Waals surface area contributed by atoms with Gasteiger partial charge in [-0.2, -0.15) is 0 Å². The number of hydrogen-bond acceptors (Lipinski definition) is 4. The highest BCUT2D eigenvalue weighted by Crippen LogP contribution is 2.37. The molecule has 0 bridgehead atoms. The Hall–Kier alpha value is -0.650. The van der Waals surface area contributed by atoms with E-state index < -0.39 is 11.5 Å². The molecular weight excluding hydrogens is 222 g/mol. The molecule has 1 atom stereocenters. The predicted molar refractivity (Wildman–Crippen MR) is 62.0 cm³/mol. The van der Waals surface area contributed by atoms with E-state index in [2.05, 4.69) is 4.90 Å². The van der Waals surface area contributed by atoms with Gasteiger partial charge in [0, 0.05) is 26.1 Å². The fourth-order valence-corrected chi connectivity index (χ4v) is 2.92. The molecule has 1 N–H and O–H groups in total. The predicted octanol–water partition coefficient (Wildman–Crippen LogP) is 0.731. The largest absolute Gasteiger partial charge is 0.480 e. The lowest BCUT2D eigenvalue weighted by Crippen LogP contribution is -2.63. The standard InChI is InChI=1S/C12H21NO4/c1-11(2)9-12(10(14)15,3-6-17-11)13-4-7-16-8-5-13/h3-9H2,1-2H3,(H,14,15). The van der Waals surface area contributed by atoms with Crippen LogP contribution in [0.5, 0.6) is 0 Å². The summed E-state index contributed by atoms with van der Waals surface area (Å²) < 4.78 is 10.9. The van der Waals surface area contributed by atoms with Gasteiger partial charge in [-0.25, -0.2) is 0 Å². The van der Waals surface area contributed by atoms with Crippen LogP contribution in [-0.2, 0) is 14.3 Å². The number of aliphatic carboxylic acids is 1. The van der Waals surface area contributed by atoms with E-state index in [9.17, 15) is 9.90 Å². The minimum absolute atomic E-state index is 0.366. The van der Waals surface area contributed by atoms with Gasteiger partial charge in [0.15, 0.2) is 0 Å². The van der Waals surface area contributed by atoms with Gasteiger partial charge in [-0.3, -0.25) is 9.69 Å². The lowest BCUT2D eigenvalue weighted by Gasteiger charge is -2.49. The number of morpholine rings is 1. The molecule has 17 heavy (non-hydrogen) atoms. The highest BCUT2D eigenvalue weighted by molar-refractivity contribution is 5.79. The monoisotopic (exact) mass is 243 g/mol. The van der Waals surface area contributed by atoms with Crippen molar-refractivity contribution in [3.05, 3.63) is 0 Å². The van der Waals surface area contributed by atoms with Crippen molar-refractivity contribution in [3.63, 3.8) is 0 Å². The first-order valence-corrected chi connectivity index (χ1v) is 6.16. The Kier molecular flexibility index (Phi) is 3.43. The number of carbonyl (C=O) groups is 1. The zero-order valence-electron chi connectivity index (χ0n) is 10.6. The zero-order valence-corrected chi connectivity index (χ0v) is 10.6. The number of carboxylic acids is 1. The first kappa shape index (κ1) is 12.8. The van der Waals surface area contributed by atoms with Crippen LogP contribution in [0.15, 0.2) is 0 Å². The number of carboxylic acid groups (broad SMARTS) is 1. The normalized spacial score (nSPS) is 34.5. The number of nitrogens with zero attached hydrogens (tertiary/aromatic N) is 1. The molecule has 0 radical (unpaired) electrons. The van der Waals surface area contributed by atoms with Gasteiger partial charge >= 0.3 is 5.97 Å². The van der Waals surface area contributed by atoms with E-state index in [1.807, 2.05) is 13.8 Å². The van der Waals surface area contributed by atoms with Crippen molar-refractivity contribution in [2.45, 2.75) is 37.8 Å². The van der Waals surface area contributed by atoms with E-state index in [0.29, 0.717) is 45.8 Å². The van der Waals surface area contributed by atoms with Crippen molar-refractivity contribution in [2.24, 2.45) is 0 Å². The van der Waals surface area contributed by atoms with Crippen molar-refractivity contribution in [2.75, 3.05) is 32.9 Å². The third kappa shape index (κ3) is 2.46. The summed E-state index contributed by atoms with van der Waals surface area (Å²) in [6, 6.07) is 0. The van der Waals surface area contributed by atoms with E-state index in [1.54, 1.807) is 0 Å². The molecule has 5 heteroatoms. The van der Waals surface area contributed by atoms with Gasteiger partial charge in [0.1, 0.15) is 5.54 Å². The Balaban J connectivity index is 2.22. The van der Waals surface area contributed by atoms with Crippen molar-refractivity contribution in [1.82, 2.24) is 4.90 Å². The number of ether oxygens (including phenoxy) is 2. The third-order valence-corrected chi connectivity index (χ3v) is 3.74. The van der Waals surface area contributed by atoms with Gasteiger partial charge in [0.2, 0.25) is 0 Å². The zero-order chi connectivity index (χ0) is 12.5. The first-order chi connectivity index (χ1) is 7.96. The van der Waals surface area contributed by atoms with Crippen LogP contribution in [0, 0.1) is 0 Å². The van der Waals surface area contributed by atoms with Gasteiger partial charge in [-0.05, 0) is 20.3 Å². The number of rotatable bonds is 2. The lowest BCUT2D eigenvalue weighted by atomic mass is 9.79. The molecule has 2 aliphatic heterocycles. The molecule has 0 aromatic rings. The first-order valence-electron chi connectivity index (χ1n) is 6.16. The Morgan fingerprint density at radius 3 is 2.41 bits per heavy atom. The van der Waals surface area contributed by atoms with Crippen molar-refractivity contribution in [3.8, 4) is 0 Å². The molecule has 98 valence electrons. The summed E-state index contributed by atoms with van der Waals surface area (Å²) in [5.41, 5.74) is -1.14. The number of hydrogen-bond donors (Lipinski definition) is 1. The molecule has 0 spiro atoms. The average molecular weight is 243 g/mol. The van der Waals surface area contributed by atoms with Crippen molar-refractivity contribution < 1.29 is 19.4 Å². The Morgan fingerprint density at radius 2 is 1.88 bits per heavy atom. The molecule has 2 saturated heterocycles. The molecule has 2 rings (SSSR count). The van der Waals surface area contributed by atoms with Crippen molar-refractivity contribution in [1.29, 1.82) is 0 Å². The fraction of sp³-hybridized carbons (Fsp3) is 0.917. The highest BCUT2D eigenvalue weighted by atomic mass is 16.5. The SMILES string of the molecule is CC1(C)CC(C(=O)O)(N2CCOCC2)CCO1. The molecule has 0 aromatic heterocycles. The minimum atomic E-state index is -0.772. The summed E-state index contributed by atoms with van der Waals surface area (Å²) >= 11 is 0. The highest BCUT2D eigenvalue weighted by Gasteiger charge is 2.50. The van der Waals surface area contributed by atoms with Crippen LogP contribution in [0.4, 0.5) is 0 Å². The molecule has 2 fully saturated rings. The molecule has 0 saturated carbocycles. The molecule has 1 unspecified atom stereocenters. The van der Waals surface area contributed by atoms with E-state index in [-0.39, 0.29) is 5.60 Å². The van der Waals surface area contributed by atoms with Crippen LogP contribution in [0.2, 0.25) is 0 Å². The summed E-state index contributed by atoms with van der Waals surface area (Å²) in [6.45, 7) is 7.07. The molecule has 2 aliphatic rings. The van der Waals surface area contributed by atoms with E-state index >= 15 is 0 Å². The minimum Gasteiger partial charge on any atom is -0.480 e. The van der Waals surface area contributed by atoms with Crippen LogP contribution in [0.1, 0.15) is 26.7 Å². The average Bonchev–Trinajstić information content (AvgIpc) is 2.28. The van der Waals surface area contributed by atoms with Crippen LogP contribution >= 0.6 is 0 Å². The molecule has 0 aliphatic carbocycles. The van der Waals surface area contributed by atoms with Crippen LogP contribution < -0.4 is 0 Å². The Bertz CT molecular complexity index is 299. The third-order valence-electron chi connectivity index (χ3n) is 3.74. The van der Waals surface area contributed by atoms with Gasteiger partial charge < -0.3 is 14.6 Å². The Morgan fingerprint density at radius 1 is 1.24 bits per heavy atom. The van der Waals surface area contributed by atoms with E-state index in [1.165, 1.54) is 0 Å². The second kappa shape index (κ2) is 4.55. The fourth-order valence-electron chi connectivity index (χ4n) is 2.92. The molecule has 0 amide bonds. The second-order valence-electron chi connectivity index (χ2n) is 5.47. The van der Waals surface area contributed by atoms with E-state index in [4.69, 9.17) is 9.47 Å². The quantitative estimate of drug-likeness (QED) is 0.775.